The van der Waals surface area contributed by atoms with Crippen LogP contribution >= 0.6 is 0 Å². The highest BCUT2D eigenvalue weighted by molar-refractivity contribution is 5.94. The molecule has 1 aromatic heterocycles. The maximum Gasteiger partial charge on any atom is 0.159 e. The van der Waals surface area contributed by atoms with Gasteiger partial charge < -0.3 is 4.42 Å². The Morgan fingerprint density at radius 3 is 2.42 bits per heavy atom. The minimum atomic E-state index is 0.0577. The molecule has 3 heteroatoms. The summed E-state index contributed by atoms with van der Waals surface area (Å²) in [5, 5.41) is 0. The Kier molecular flexibility index (Phi) is 4.43. The van der Waals surface area contributed by atoms with Crippen molar-refractivity contribution in [1.82, 2.24) is 0 Å². The quantitative estimate of drug-likeness (QED) is 0.470. The lowest BCUT2D eigenvalue weighted by Gasteiger charge is -2.00. The minimum absolute atomic E-state index is 0.0577. The Labute approximate surface area is 141 Å². The van der Waals surface area contributed by atoms with E-state index in [1.807, 2.05) is 55.5 Å². The second-order valence-corrected chi connectivity index (χ2v) is 5.88. The molecule has 24 heavy (non-hydrogen) atoms. The number of hydrogen-bond donors (Lipinski definition) is 0. The third kappa shape index (κ3) is 3.51. The van der Waals surface area contributed by atoms with Gasteiger partial charge in [-0.15, -0.1) is 0 Å². The lowest BCUT2D eigenvalue weighted by Crippen LogP contribution is -1.90. The van der Waals surface area contributed by atoms with Crippen molar-refractivity contribution in [3.8, 4) is 11.3 Å². The number of aliphatic imine (C=N–C) groups is 1. The number of aryl methyl sites for hydroxylation is 2. The van der Waals surface area contributed by atoms with E-state index < -0.39 is 0 Å². The van der Waals surface area contributed by atoms with E-state index in [1.54, 1.807) is 13.1 Å². The van der Waals surface area contributed by atoms with Crippen LogP contribution in [0.1, 0.15) is 34.2 Å². The minimum Gasteiger partial charge on any atom is -0.455 e. The maximum absolute atomic E-state index is 11.3. The van der Waals surface area contributed by atoms with E-state index in [9.17, 15) is 4.79 Å². The van der Waals surface area contributed by atoms with Crippen molar-refractivity contribution in [2.75, 3.05) is 0 Å². The molecule has 3 aromatic rings. The van der Waals surface area contributed by atoms with Gasteiger partial charge in [0.2, 0.25) is 0 Å². The molecule has 0 fully saturated rings. The van der Waals surface area contributed by atoms with E-state index in [0.29, 0.717) is 11.3 Å². The number of furan rings is 1. The topological polar surface area (TPSA) is 42.6 Å². The molecular formula is C21H19NO2. The van der Waals surface area contributed by atoms with Crippen molar-refractivity contribution in [3.05, 3.63) is 77.0 Å². The molecule has 3 rings (SSSR count). The number of carbonyl (C=O) groups is 1. The van der Waals surface area contributed by atoms with Crippen LogP contribution in [-0.4, -0.2) is 12.0 Å². The largest absolute Gasteiger partial charge is 0.455 e. The Hall–Kier alpha value is -2.94. The zero-order valence-electron chi connectivity index (χ0n) is 14.0. The highest BCUT2D eigenvalue weighted by Gasteiger charge is 2.05. The SMILES string of the molecule is CC(=O)c1ccc(-c2ccc(C=Nc3ccc(C)cc3C)o2)cc1. The summed E-state index contributed by atoms with van der Waals surface area (Å²) in [7, 11) is 0. The summed E-state index contributed by atoms with van der Waals surface area (Å²) >= 11 is 0. The molecule has 0 aliphatic rings. The second-order valence-electron chi connectivity index (χ2n) is 5.88. The van der Waals surface area contributed by atoms with Crippen molar-refractivity contribution >= 4 is 17.7 Å². The molecule has 0 unspecified atom stereocenters. The molecule has 0 aliphatic heterocycles. The molecule has 120 valence electrons. The molecule has 0 bridgehead atoms. The normalized spacial score (nSPS) is 11.1. The van der Waals surface area contributed by atoms with Crippen LogP contribution in [0.4, 0.5) is 5.69 Å². The molecule has 0 N–H and O–H groups in total. The first kappa shape index (κ1) is 15.9. The summed E-state index contributed by atoms with van der Waals surface area (Å²) in [6, 6.07) is 17.4. The number of nitrogens with zero attached hydrogens (tertiary/aromatic N) is 1. The second kappa shape index (κ2) is 6.67. The molecule has 0 atom stereocenters. The number of carbonyl (C=O) groups excluding carboxylic acids is 1. The van der Waals surface area contributed by atoms with Gasteiger partial charge in [-0.3, -0.25) is 9.79 Å². The van der Waals surface area contributed by atoms with Crippen LogP contribution in [0, 0.1) is 13.8 Å². The fraction of sp³-hybridized carbons (Fsp3) is 0.143. The van der Waals surface area contributed by atoms with Gasteiger partial charge in [0.25, 0.3) is 0 Å². The lowest BCUT2D eigenvalue weighted by molar-refractivity contribution is 0.101. The van der Waals surface area contributed by atoms with Crippen LogP contribution in [0.5, 0.6) is 0 Å². The van der Waals surface area contributed by atoms with Crippen molar-refractivity contribution < 1.29 is 9.21 Å². The van der Waals surface area contributed by atoms with Crippen LogP contribution in [0.3, 0.4) is 0 Å². The zero-order valence-corrected chi connectivity index (χ0v) is 14.0. The summed E-state index contributed by atoms with van der Waals surface area (Å²) < 4.78 is 5.82. The molecule has 2 aromatic carbocycles. The Morgan fingerprint density at radius 2 is 1.75 bits per heavy atom. The van der Waals surface area contributed by atoms with Gasteiger partial charge >= 0.3 is 0 Å². The van der Waals surface area contributed by atoms with E-state index in [-0.39, 0.29) is 5.78 Å². The van der Waals surface area contributed by atoms with Crippen LogP contribution in [-0.2, 0) is 0 Å². The number of rotatable bonds is 4. The van der Waals surface area contributed by atoms with Crippen LogP contribution in [0.15, 0.2) is 64.0 Å². The van der Waals surface area contributed by atoms with Gasteiger partial charge in [0.05, 0.1) is 11.9 Å². The Balaban J connectivity index is 1.80. The van der Waals surface area contributed by atoms with Crippen molar-refractivity contribution in [2.24, 2.45) is 4.99 Å². The number of ketones is 1. The zero-order chi connectivity index (χ0) is 17.1. The predicted molar refractivity (Wildman–Crippen MR) is 97.3 cm³/mol. The first-order valence-corrected chi connectivity index (χ1v) is 7.85. The third-order valence-corrected chi connectivity index (χ3v) is 3.89. The summed E-state index contributed by atoms with van der Waals surface area (Å²) in [5.41, 5.74) is 4.93. The molecule has 0 radical (unpaired) electrons. The molecule has 3 nitrogen and oxygen atoms in total. The monoisotopic (exact) mass is 317 g/mol. The predicted octanol–water partition coefficient (Wildman–Crippen LogP) is 5.52. The number of Topliss-reactive ketones (excluding diaryl/α,β-unsaturated/α-hetero) is 1. The van der Waals surface area contributed by atoms with Gasteiger partial charge in [0, 0.05) is 11.1 Å². The fourth-order valence-electron chi connectivity index (χ4n) is 2.53. The van der Waals surface area contributed by atoms with E-state index in [0.717, 1.165) is 22.6 Å². The standard InChI is InChI=1S/C21H19NO2/c1-14-4-10-20(15(2)12-14)22-13-19-9-11-21(24-19)18-7-5-17(6-8-18)16(3)23/h4-13H,1-3H3. The van der Waals surface area contributed by atoms with Crippen molar-refractivity contribution in [2.45, 2.75) is 20.8 Å². The van der Waals surface area contributed by atoms with Crippen LogP contribution in [0.2, 0.25) is 0 Å². The molecular weight excluding hydrogens is 298 g/mol. The van der Waals surface area contributed by atoms with Gasteiger partial charge in [0.15, 0.2) is 5.78 Å². The molecule has 0 amide bonds. The lowest BCUT2D eigenvalue weighted by atomic mass is 10.1. The summed E-state index contributed by atoms with van der Waals surface area (Å²) in [5.74, 6) is 1.51. The van der Waals surface area contributed by atoms with E-state index in [1.165, 1.54) is 5.56 Å². The summed E-state index contributed by atoms with van der Waals surface area (Å²) in [6.45, 7) is 5.67. The average Bonchev–Trinajstić information content (AvgIpc) is 3.03. The van der Waals surface area contributed by atoms with E-state index in [2.05, 4.69) is 18.0 Å². The van der Waals surface area contributed by atoms with Crippen LogP contribution in [0.25, 0.3) is 11.3 Å². The molecule has 0 spiro atoms. The van der Waals surface area contributed by atoms with Gasteiger partial charge in [0.1, 0.15) is 11.5 Å². The summed E-state index contributed by atoms with van der Waals surface area (Å²) in [4.78, 5) is 15.8. The third-order valence-electron chi connectivity index (χ3n) is 3.89. The molecule has 0 saturated heterocycles. The van der Waals surface area contributed by atoms with Crippen molar-refractivity contribution in [1.29, 1.82) is 0 Å². The first-order chi connectivity index (χ1) is 11.5. The highest BCUT2D eigenvalue weighted by Crippen LogP contribution is 2.23. The highest BCUT2D eigenvalue weighted by atomic mass is 16.3. The van der Waals surface area contributed by atoms with Gasteiger partial charge in [-0.05, 0) is 44.5 Å². The van der Waals surface area contributed by atoms with Crippen LogP contribution < -0.4 is 0 Å². The number of benzene rings is 2. The average molecular weight is 317 g/mol. The van der Waals surface area contributed by atoms with Gasteiger partial charge in [-0.1, -0.05) is 42.0 Å². The van der Waals surface area contributed by atoms with E-state index in [4.69, 9.17) is 4.42 Å². The van der Waals surface area contributed by atoms with E-state index >= 15 is 0 Å². The molecule has 1 heterocycles. The first-order valence-electron chi connectivity index (χ1n) is 7.85. The van der Waals surface area contributed by atoms with Crippen molar-refractivity contribution in [3.63, 3.8) is 0 Å². The molecule has 0 aliphatic carbocycles. The summed E-state index contributed by atoms with van der Waals surface area (Å²) in [6.07, 6.45) is 1.73. The van der Waals surface area contributed by atoms with Gasteiger partial charge in [-0.25, -0.2) is 0 Å². The fourth-order valence-corrected chi connectivity index (χ4v) is 2.53. The smallest absolute Gasteiger partial charge is 0.159 e. The number of hydrogen-bond acceptors (Lipinski definition) is 3. The van der Waals surface area contributed by atoms with Gasteiger partial charge in [-0.2, -0.15) is 0 Å². The maximum atomic E-state index is 11.3. The molecule has 0 saturated carbocycles. The Morgan fingerprint density at radius 1 is 1.00 bits per heavy atom. The Bertz CT molecular complexity index is 902.